The van der Waals surface area contributed by atoms with Crippen LogP contribution >= 0.6 is 46.4 Å². The van der Waals surface area contributed by atoms with E-state index < -0.39 is 24.1 Å². The second-order valence-electron chi connectivity index (χ2n) is 7.19. The monoisotopic (exact) mass is 494 g/mol. The number of hydrogen-bond donors (Lipinski definition) is 1. The summed E-state index contributed by atoms with van der Waals surface area (Å²) >= 11 is 24.3. The maximum atomic E-state index is 10.9. The average molecular weight is 496 g/mol. The molecule has 1 N–H and O–H groups in total. The first-order valence-corrected chi connectivity index (χ1v) is 10.7. The predicted molar refractivity (Wildman–Crippen MR) is 117 cm³/mol. The van der Waals surface area contributed by atoms with Gasteiger partial charge in [0.15, 0.2) is 6.29 Å². The van der Waals surface area contributed by atoms with Gasteiger partial charge in [-0.3, -0.25) is 0 Å². The summed E-state index contributed by atoms with van der Waals surface area (Å²) in [6, 6.07) is 10.3. The van der Waals surface area contributed by atoms with Crippen LogP contribution in [0.2, 0.25) is 20.1 Å². The molecule has 3 rings (SSSR count). The molecular weight excluding hydrogens is 474 g/mol. The summed E-state index contributed by atoms with van der Waals surface area (Å²) in [6.07, 6.45) is -2.15. The van der Waals surface area contributed by atoms with E-state index in [4.69, 9.17) is 65.4 Å². The fourth-order valence-electron chi connectivity index (χ4n) is 3.32. The van der Waals surface area contributed by atoms with Gasteiger partial charge in [0.1, 0.15) is 17.8 Å². The summed E-state index contributed by atoms with van der Waals surface area (Å²) < 4.78 is 22.9. The molecule has 9 heteroatoms. The van der Waals surface area contributed by atoms with Crippen molar-refractivity contribution in [2.75, 3.05) is 13.7 Å². The van der Waals surface area contributed by atoms with E-state index in [9.17, 15) is 5.11 Å². The highest BCUT2D eigenvalue weighted by Crippen LogP contribution is 2.35. The van der Waals surface area contributed by atoms with E-state index in [2.05, 4.69) is 0 Å². The third kappa shape index (κ3) is 5.60. The molecule has 1 saturated heterocycles. The van der Waals surface area contributed by atoms with Gasteiger partial charge in [-0.1, -0.05) is 58.5 Å². The molecule has 2 unspecified atom stereocenters. The molecule has 0 amide bonds. The Labute approximate surface area is 195 Å². The standard InChI is InChI=1S/C21H22Cl4O5/c1-21(26)19(29-10-13-4-6-15(23)8-17(13)25)18(30-20(21)27-2)11-28-9-12-3-5-14(22)7-16(12)24/h3-8,18-20,26H,9-11H2,1-2H3/t18-,19-,20?,21?/m1/s1. The van der Waals surface area contributed by atoms with Crippen molar-refractivity contribution in [3.63, 3.8) is 0 Å². The maximum absolute atomic E-state index is 10.9. The normalized spacial score (nSPS) is 26.3. The van der Waals surface area contributed by atoms with Gasteiger partial charge in [-0.15, -0.1) is 0 Å². The van der Waals surface area contributed by atoms with E-state index in [0.717, 1.165) is 11.1 Å². The Bertz CT molecular complexity index is 876. The van der Waals surface area contributed by atoms with Crippen molar-refractivity contribution >= 4 is 46.4 Å². The van der Waals surface area contributed by atoms with Crippen LogP contribution in [0.1, 0.15) is 18.1 Å². The average Bonchev–Trinajstić information content (AvgIpc) is 2.92. The first-order chi connectivity index (χ1) is 14.2. The number of methoxy groups -OCH3 is 1. The van der Waals surface area contributed by atoms with E-state index in [0.29, 0.717) is 20.1 Å². The van der Waals surface area contributed by atoms with Gasteiger partial charge in [-0.05, 0) is 42.3 Å². The Morgan fingerprint density at radius 2 is 1.53 bits per heavy atom. The van der Waals surface area contributed by atoms with Crippen molar-refractivity contribution in [2.45, 2.75) is 44.2 Å². The smallest absolute Gasteiger partial charge is 0.188 e. The molecule has 1 fully saturated rings. The number of benzene rings is 2. The van der Waals surface area contributed by atoms with Crippen molar-refractivity contribution in [2.24, 2.45) is 0 Å². The lowest BCUT2D eigenvalue weighted by Gasteiger charge is -2.29. The van der Waals surface area contributed by atoms with Gasteiger partial charge in [-0.25, -0.2) is 0 Å². The molecule has 30 heavy (non-hydrogen) atoms. The van der Waals surface area contributed by atoms with Crippen LogP contribution in [0.4, 0.5) is 0 Å². The lowest BCUT2D eigenvalue weighted by atomic mass is 9.97. The van der Waals surface area contributed by atoms with Gasteiger partial charge < -0.3 is 24.1 Å². The van der Waals surface area contributed by atoms with Crippen molar-refractivity contribution in [1.29, 1.82) is 0 Å². The Balaban J connectivity index is 1.66. The van der Waals surface area contributed by atoms with Crippen molar-refractivity contribution in [1.82, 2.24) is 0 Å². The SMILES string of the molecule is COC1O[C@H](COCc2ccc(Cl)cc2Cl)[C@@H](OCc2ccc(Cl)cc2Cl)C1(C)O. The first-order valence-electron chi connectivity index (χ1n) is 9.20. The maximum Gasteiger partial charge on any atom is 0.188 e. The van der Waals surface area contributed by atoms with Crippen LogP contribution in [0.3, 0.4) is 0 Å². The molecule has 0 radical (unpaired) electrons. The molecule has 0 saturated carbocycles. The number of aliphatic hydroxyl groups is 1. The van der Waals surface area contributed by atoms with E-state index in [1.165, 1.54) is 7.11 Å². The predicted octanol–water partition coefficient (Wildman–Crippen LogP) is 5.52. The summed E-state index contributed by atoms with van der Waals surface area (Å²) in [4.78, 5) is 0. The summed E-state index contributed by atoms with van der Waals surface area (Å²) in [7, 11) is 1.46. The fraction of sp³-hybridized carbons (Fsp3) is 0.429. The molecule has 4 atom stereocenters. The molecule has 2 aromatic carbocycles. The highest BCUT2D eigenvalue weighted by molar-refractivity contribution is 6.35. The van der Waals surface area contributed by atoms with Gasteiger partial charge in [0, 0.05) is 27.2 Å². The van der Waals surface area contributed by atoms with Crippen LogP contribution in [-0.4, -0.2) is 42.9 Å². The Morgan fingerprint density at radius 1 is 0.967 bits per heavy atom. The summed E-state index contributed by atoms with van der Waals surface area (Å²) in [5.41, 5.74) is 0.143. The number of rotatable bonds is 8. The van der Waals surface area contributed by atoms with Crippen molar-refractivity contribution < 1.29 is 24.1 Å². The summed E-state index contributed by atoms with van der Waals surface area (Å²) in [5, 5.41) is 13.0. The molecule has 5 nitrogen and oxygen atoms in total. The number of halogens is 4. The minimum Gasteiger partial charge on any atom is -0.382 e. The first kappa shape index (κ1) is 24.1. The molecule has 2 aromatic rings. The zero-order chi connectivity index (χ0) is 21.9. The van der Waals surface area contributed by atoms with Crippen LogP contribution in [0.5, 0.6) is 0 Å². The third-order valence-electron chi connectivity index (χ3n) is 4.89. The van der Waals surface area contributed by atoms with Crippen LogP contribution in [0, 0.1) is 0 Å². The molecule has 1 heterocycles. The fourth-order valence-corrected chi connectivity index (χ4v) is 4.24. The van der Waals surface area contributed by atoms with Crippen LogP contribution < -0.4 is 0 Å². The summed E-state index contributed by atoms with van der Waals surface area (Å²) in [6.45, 7) is 2.18. The zero-order valence-corrected chi connectivity index (χ0v) is 19.4. The van der Waals surface area contributed by atoms with E-state index >= 15 is 0 Å². The van der Waals surface area contributed by atoms with Gasteiger partial charge in [0.25, 0.3) is 0 Å². The van der Waals surface area contributed by atoms with E-state index in [1.54, 1.807) is 43.3 Å². The second-order valence-corrected chi connectivity index (χ2v) is 8.87. The van der Waals surface area contributed by atoms with Gasteiger partial charge in [0.05, 0.1) is 19.8 Å². The third-order valence-corrected chi connectivity index (χ3v) is 6.07. The molecule has 0 aromatic heterocycles. The Hall–Kier alpha value is -0.600. The lowest BCUT2D eigenvalue weighted by molar-refractivity contribution is -0.190. The van der Waals surface area contributed by atoms with E-state index in [-0.39, 0.29) is 19.8 Å². The van der Waals surface area contributed by atoms with Crippen LogP contribution in [0.25, 0.3) is 0 Å². The van der Waals surface area contributed by atoms with E-state index in [1.807, 2.05) is 0 Å². The topological polar surface area (TPSA) is 57.2 Å². The molecule has 164 valence electrons. The van der Waals surface area contributed by atoms with Crippen molar-refractivity contribution in [3.8, 4) is 0 Å². The minimum atomic E-state index is -1.39. The molecule has 0 aliphatic carbocycles. The molecule has 0 bridgehead atoms. The number of ether oxygens (including phenoxy) is 4. The van der Waals surface area contributed by atoms with Crippen LogP contribution in [-0.2, 0) is 32.2 Å². The van der Waals surface area contributed by atoms with Crippen LogP contribution in [0.15, 0.2) is 36.4 Å². The summed E-state index contributed by atoms with van der Waals surface area (Å²) in [5.74, 6) is 0. The molecular formula is C21H22Cl4O5. The van der Waals surface area contributed by atoms with Gasteiger partial charge >= 0.3 is 0 Å². The molecule has 1 aliphatic heterocycles. The highest BCUT2D eigenvalue weighted by Gasteiger charge is 2.54. The zero-order valence-electron chi connectivity index (χ0n) is 16.4. The molecule has 0 spiro atoms. The van der Waals surface area contributed by atoms with Crippen molar-refractivity contribution in [3.05, 3.63) is 67.6 Å². The van der Waals surface area contributed by atoms with Gasteiger partial charge in [0.2, 0.25) is 0 Å². The Morgan fingerprint density at radius 3 is 2.07 bits per heavy atom. The highest BCUT2D eigenvalue weighted by atomic mass is 35.5. The lowest BCUT2D eigenvalue weighted by Crippen LogP contribution is -2.48. The largest absolute Gasteiger partial charge is 0.382 e. The quantitative estimate of drug-likeness (QED) is 0.522. The Kier molecular flexibility index (Phi) is 8.29. The van der Waals surface area contributed by atoms with Gasteiger partial charge in [-0.2, -0.15) is 0 Å². The second kappa shape index (κ2) is 10.3. The minimum absolute atomic E-state index is 0.161. The molecule has 1 aliphatic rings. The number of hydrogen-bond acceptors (Lipinski definition) is 5.